The molecular weight excluding hydrogens is 234 g/mol. The zero-order chi connectivity index (χ0) is 13.1. The molecule has 2 aromatic carbocycles. The van der Waals surface area contributed by atoms with Crippen molar-refractivity contribution in [1.29, 1.82) is 0 Å². The van der Waals surface area contributed by atoms with Crippen molar-refractivity contribution in [1.82, 2.24) is 0 Å². The molecule has 0 aliphatic carbocycles. The predicted octanol–water partition coefficient (Wildman–Crippen LogP) is 3.70. The number of hydrogen-bond acceptors (Lipinski definition) is 1. The quantitative estimate of drug-likeness (QED) is 0.755. The number of hydrogen-bond donors (Lipinski definition) is 0. The standard InChI is InChI=1S/C15H12F2O/c1-10-2-7-13(14(17)8-10)15(18)9-11-3-5-12(16)6-4-11/h2-8H,9H2,1H3. The Hall–Kier alpha value is -2.03. The Kier molecular flexibility index (Phi) is 3.51. The average Bonchev–Trinajstić information content (AvgIpc) is 2.32. The van der Waals surface area contributed by atoms with Gasteiger partial charge in [0, 0.05) is 6.42 Å². The fraction of sp³-hybridized carbons (Fsp3) is 0.133. The van der Waals surface area contributed by atoms with Crippen LogP contribution in [0.3, 0.4) is 0 Å². The first-order chi connectivity index (χ1) is 8.56. The molecule has 0 aromatic heterocycles. The van der Waals surface area contributed by atoms with Crippen molar-refractivity contribution in [2.45, 2.75) is 13.3 Å². The summed E-state index contributed by atoms with van der Waals surface area (Å²) in [6.45, 7) is 1.76. The number of Topliss-reactive ketones (excluding diaryl/α,β-unsaturated/α-hetero) is 1. The van der Waals surface area contributed by atoms with Gasteiger partial charge in [-0.3, -0.25) is 4.79 Å². The average molecular weight is 246 g/mol. The van der Waals surface area contributed by atoms with Gasteiger partial charge in [-0.2, -0.15) is 0 Å². The second-order valence-electron chi connectivity index (χ2n) is 4.21. The Morgan fingerprint density at radius 2 is 1.72 bits per heavy atom. The lowest BCUT2D eigenvalue weighted by atomic mass is 10.0. The summed E-state index contributed by atoms with van der Waals surface area (Å²) in [5.74, 6) is -1.17. The van der Waals surface area contributed by atoms with Crippen LogP contribution in [-0.2, 0) is 6.42 Å². The van der Waals surface area contributed by atoms with E-state index >= 15 is 0 Å². The molecule has 0 atom stereocenters. The van der Waals surface area contributed by atoms with E-state index < -0.39 is 5.82 Å². The summed E-state index contributed by atoms with van der Waals surface area (Å²) in [7, 11) is 0. The van der Waals surface area contributed by atoms with Gasteiger partial charge in [-0.25, -0.2) is 8.78 Å². The molecule has 0 heterocycles. The van der Waals surface area contributed by atoms with Crippen molar-refractivity contribution < 1.29 is 13.6 Å². The third kappa shape index (κ3) is 2.80. The van der Waals surface area contributed by atoms with Gasteiger partial charge in [0.2, 0.25) is 0 Å². The molecule has 0 unspecified atom stereocenters. The van der Waals surface area contributed by atoms with Gasteiger partial charge in [-0.05, 0) is 42.3 Å². The molecule has 3 heteroatoms. The fourth-order valence-corrected chi connectivity index (χ4v) is 1.73. The lowest BCUT2D eigenvalue weighted by Crippen LogP contribution is -2.06. The van der Waals surface area contributed by atoms with E-state index in [1.807, 2.05) is 0 Å². The third-order valence-corrected chi connectivity index (χ3v) is 2.70. The topological polar surface area (TPSA) is 17.1 Å². The van der Waals surface area contributed by atoms with E-state index in [-0.39, 0.29) is 23.6 Å². The molecule has 0 radical (unpaired) electrons. The van der Waals surface area contributed by atoms with Crippen LogP contribution in [0.2, 0.25) is 0 Å². The molecular formula is C15H12F2O. The predicted molar refractivity (Wildman–Crippen MR) is 65.6 cm³/mol. The minimum absolute atomic E-state index is 0.0697. The molecule has 92 valence electrons. The number of benzene rings is 2. The maximum Gasteiger partial charge on any atom is 0.170 e. The highest BCUT2D eigenvalue weighted by Crippen LogP contribution is 2.13. The first kappa shape index (κ1) is 12.4. The Morgan fingerprint density at radius 3 is 2.33 bits per heavy atom. The summed E-state index contributed by atoms with van der Waals surface area (Å²) in [5, 5.41) is 0. The molecule has 0 fully saturated rings. The molecule has 18 heavy (non-hydrogen) atoms. The van der Waals surface area contributed by atoms with Crippen molar-refractivity contribution in [3.63, 3.8) is 0 Å². The molecule has 0 saturated heterocycles. The normalized spacial score (nSPS) is 10.4. The third-order valence-electron chi connectivity index (χ3n) is 2.70. The molecule has 0 aliphatic heterocycles. The van der Waals surface area contributed by atoms with Gasteiger partial charge in [-0.15, -0.1) is 0 Å². The SMILES string of the molecule is Cc1ccc(C(=O)Cc2ccc(F)cc2)c(F)c1. The second-order valence-corrected chi connectivity index (χ2v) is 4.21. The largest absolute Gasteiger partial charge is 0.294 e. The van der Waals surface area contributed by atoms with Gasteiger partial charge >= 0.3 is 0 Å². The maximum atomic E-state index is 13.6. The van der Waals surface area contributed by atoms with Crippen LogP contribution in [0.15, 0.2) is 42.5 Å². The van der Waals surface area contributed by atoms with Crippen LogP contribution in [-0.4, -0.2) is 5.78 Å². The van der Waals surface area contributed by atoms with Crippen LogP contribution in [0.25, 0.3) is 0 Å². The van der Waals surface area contributed by atoms with Gasteiger partial charge in [0.25, 0.3) is 0 Å². The van der Waals surface area contributed by atoms with Crippen LogP contribution in [0.1, 0.15) is 21.5 Å². The highest BCUT2D eigenvalue weighted by Gasteiger charge is 2.12. The summed E-state index contributed by atoms with van der Waals surface area (Å²) in [4.78, 5) is 11.9. The molecule has 0 amide bonds. The van der Waals surface area contributed by atoms with E-state index in [0.29, 0.717) is 5.56 Å². The molecule has 0 saturated carbocycles. The van der Waals surface area contributed by atoms with Crippen LogP contribution in [0.4, 0.5) is 8.78 Å². The summed E-state index contributed by atoms with van der Waals surface area (Å²) < 4.78 is 26.3. The van der Waals surface area contributed by atoms with Gasteiger partial charge in [0.1, 0.15) is 11.6 Å². The maximum absolute atomic E-state index is 13.6. The number of rotatable bonds is 3. The lowest BCUT2D eigenvalue weighted by molar-refractivity contribution is 0.0989. The second kappa shape index (κ2) is 5.08. The van der Waals surface area contributed by atoms with Crippen molar-refractivity contribution in [2.24, 2.45) is 0 Å². The first-order valence-corrected chi connectivity index (χ1v) is 5.60. The molecule has 0 aliphatic rings. The van der Waals surface area contributed by atoms with E-state index in [2.05, 4.69) is 0 Å². The van der Waals surface area contributed by atoms with Crippen molar-refractivity contribution >= 4 is 5.78 Å². The number of carbonyl (C=O) groups is 1. The zero-order valence-corrected chi connectivity index (χ0v) is 9.91. The van der Waals surface area contributed by atoms with E-state index in [1.54, 1.807) is 13.0 Å². The van der Waals surface area contributed by atoms with Crippen LogP contribution >= 0.6 is 0 Å². The molecule has 0 spiro atoms. The van der Waals surface area contributed by atoms with Crippen LogP contribution < -0.4 is 0 Å². The Balaban J connectivity index is 2.19. The van der Waals surface area contributed by atoms with E-state index in [4.69, 9.17) is 0 Å². The van der Waals surface area contributed by atoms with E-state index in [9.17, 15) is 13.6 Å². The highest BCUT2D eigenvalue weighted by atomic mass is 19.1. The number of halogens is 2. The summed E-state index contributed by atoms with van der Waals surface area (Å²) in [6, 6.07) is 10.1. The minimum Gasteiger partial charge on any atom is -0.294 e. The summed E-state index contributed by atoms with van der Waals surface area (Å²) in [6.07, 6.45) is 0.0697. The number of aryl methyl sites for hydroxylation is 1. The molecule has 0 N–H and O–H groups in total. The monoisotopic (exact) mass is 246 g/mol. The van der Waals surface area contributed by atoms with Crippen molar-refractivity contribution in [2.75, 3.05) is 0 Å². The molecule has 0 bridgehead atoms. The number of ketones is 1. The smallest absolute Gasteiger partial charge is 0.170 e. The Labute approximate surface area is 104 Å². The van der Waals surface area contributed by atoms with E-state index in [0.717, 1.165) is 5.56 Å². The van der Waals surface area contributed by atoms with Crippen LogP contribution in [0, 0.1) is 18.6 Å². The summed E-state index contributed by atoms with van der Waals surface area (Å²) in [5.41, 5.74) is 1.51. The van der Waals surface area contributed by atoms with Crippen molar-refractivity contribution in [3.05, 3.63) is 70.8 Å². The first-order valence-electron chi connectivity index (χ1n) is 5.60. The molecule has 2 rings (SSSR count). The Bertz CT molecular complexity index is 574. The number of carbonyl (C=O) groups excluding carboxylic acids is 1. The van der Waals surface area contributed by atoms with E-state index in [1.165, 1.54) is 36.4 Å². The fourth-order valence-electron chi connectivity index (χ4n) is 1.73. The Morgan fingerprint density at radius 1 is 1.06 bits per heavy atom. The minimum atomic E-state index is -0.512. The molecule has 1 nitrogen and oxygen atoms in total. The van der Waals surface area contributed by atoms with Crippen LogP contribution in [0.5, 0.6) is 0 Å². The summed E-state index contributed by atoms with van der Waals surface area (Å²) >= 11 is 0. The lowest BCUT2D eigenvalue weighted by Gasteiger charge is -2.04. The van der Waals surface area contributed by atoms with Gasteiger partial charge in [-0.1, -0.05) is 18.2 Å². The van der Waals surface area contributed by atoms with Gasteiger partial charge in [0.15, 0.2) is 5.78 Å². The van der Waals surface area contributed by atoms with Crippen molar-refractivity contribution in [3.8, 4) is 0 Å². The zero-order valence-electron chi connectivity index (χ0n) is 9.91. The highest BCUT2D eigenvalue weighted by molar-refractivity contribution is 5.97. The van der Waals surface area contributed by atoms with Gasteiger partial charge in [0.05, 0.1) is 5.56 Å². The molecule has 2 aromatic rings. The van der Waals surface area contributed by atoms with Gasteiger partial charge < -0.3 is 0 Å².